The Morgan fingerprint density at radius 3 is 2.34 bits per heavy atom. The Bertz CT molecular complexity index is 1060. The van der Waals surface area contributed by atoms with Gasteiger partial charge in [0.05, 0.1) is 22.2 Å². The molecule has 2 heterocycles. The minimum Gasteiger partial charge on any atom is -0.481 e. The predicted molar refractivity (Wildman–Crippen MR) is 112 cm³/mol. The van der Waals surface area contributed by atoms with E-state index < -0.39 is 52.4 Å². The number of nitrogens with zero attached hydrogens (tertiary/aromatic N) is 1. The van der Waals surface area contributed by atoms with Gasteiger partial charge >= 0.3 is 5.97 Å². The molecule has 1 fully saturated rings. The van der Waals surface area contributed by atoms with Gasteiger partial charge in [0.25, 0.3) is 11.8 Å². The Morgan fingerprint density at radius 1 is 1.09 bits per heavy atom. The zero-order valence-electron chi connectivity index (χ0n) is 18.3. The fourth-order valence-corrected chi connectivity index (χ4v) is 4.17. The van der Waals surface area contributed by atoms with Crippen LogP contribution in [0.4, 0.5) is 5.69 Å². The number of carboxylic acid groups (broad SMARTS) is 1. The molecule has 170 valence electrons. The third kappa shape index (κ3) is 4.00. The average molecular weight is 443 g/mol. The maximum Gasteiger partial charge on any atom is 0.309 e. The quantitative estimate of drug-likeness (QED) is 0.565. The highest BCUT2D eigenvalue weighted by molar-refractivity contribution is 6.26. The van der Waals surface area contributed by atoms with Crippen LogP contribution in [0.5, 0.6) is 0 Å². The number of benzene rings is 1. The molecule has 1 aromatic carbocycles. The lowest BCUT2D eigenvalue weighted by atomic mass is 9.74. The number of carbonyl (C=O) groups excluding carboxylic acids is 5. The lowest BCUT2D eigenvalue weighted by Crippen LogP contribution is -2.54. The van der Waals surface area contributed by atoms with E-state index in [1.165, 1.54) is 32.0 Å². The van der Waals surface area contributed by atoms with Crippen LogP contribution in [-0.2, 0) is 19.2 Å². The van der Waals surface area contributed by atoms with Crippen LogP contribution in [0.15, 0.2) is 18.2 Å². The summed E-state index contributed by atoms with van der Waals surface area (Å²) in [4.78, 5) is 74.9. The second-order valence-electron chi connectivity index (χ2n) is 9.38. The first-order valence-electron chi connectivity index (χ1n) is 10.2. The molecule has 10 heteroatoms. The van der Waals surface area contributed by atoms with Crippen LogP contribution >= 0.6 is 0 Å². The third-order valence-corrected chi connectivity index (χ3v) is 5.79. The number of anilines is 1. The smallest absolute Gasteiger partial charge is 0.309 e. The van der Waals surface area contributed by atoms with Crippen LogP contribution in [0.25, 0.3) is 0 Å². The number of fused-ring (bicyclic) bond motifs is 1. The summed E-state index contributed by atoms with van der Waals surface area (Å²) in [7, 11) is 0. The zero-order chi connectivity index (χ0) is 24.0. The van der Waals surface area contributed by atoms with Gasteiger partial charge in [-0.3, -0.25) is 39.0 Å². The van der Waals surface area contributed by atoms with Gasteiger partial charge in [-0.15, -0.1) is 0 Å². The van der Waals surface area contributed by atoms with E-state index in [-0.39, 0.29) is 36.1 Å². The molecular weight excluding hydrogens is 418 g/mol. The van der Waals surface area contributed by atoms with Crippen LogP contribution in [0.1, 0.15) is 67.7 Å². The monoisotopic (exact) mass is 443 g/mol. The SMILES string of the molecule is CC(C)(CC(C)(C)C(=O)Nc1cccc2c1C(=O)N(C1CCC(=O)NC1=O)C2=O)C(=O)O. The first-order valence-corrected chi connectivity index (χ1v) is 10.2. The molecule has 1 atom stereocenters. The molecule has 3 N–H and O–H groups in total. The van der Waals surface area contributed by atoms with Gasteiger partial charge in [0.15, 0.2) is 0 Å². The highest BCUT2D eigenvalue weighted by Crippen LogP contribution is 2.37. The van der Waals surface area contributed by atoms with E-state index in [1.807, 2.05) is 0 Å². The summed E-state index contributed by atoms with van der Waals surface area (Å²) in [5.74, 6) is -4.17. The largest absolute Gasteiger partial charge is 0.481 e. The second kappa shape index (κ2) is 7.85. The normalized spacial score (nSPS) is 19.0. The summed E-state index contributed by atoms with van der Waals surface area (Å²) < 4.78 is 0. The summed E-state index contributed by atoms with van der Waals surface area (Å²) in [6.45, 7) is 6.23. The molecule has 0 radical (unpaired) electrons. The minimum absolute atomic E-state index is 0.000950. The molecule has 1 saturated heterocycles. The Kier molecular flexibility index (Phi) is 5.67. The number of imide groups is 2. The van der Waals surface area contributed by atoms with E-state index in [0.717, 1.165) is 4.90 Å². The lowest BCUT2D eigenvalue weighted by molar-refractivity contribution is -0.149. The van der Waals surface area contributed by atoms with Gasteiger partial charge in [-0.25, -0.2) is 0 Å². The fourth-order valence-electron chi connectivity index (χ4n) is 4.17. The summed E-state index contributed by atoms with van der Waals surface area (Å²) in [5.41, 5.74) is -2.15. The fraction of sp³-hybridized carbons (Fsp3) is 0.455. The van der Waals surface area contributed by atoms with E-state index in [4.69, 9.17) is 0 Å². The van der Waals surface area contributed by atoms with Crippen LogP contribution in [0.3, 0.4) is 0 Å². The van der Waals surface area contributed by atoms with Gasteiger partial charge in [-0.2, -0.15) is 0 Å². The van der Waals surface area contributed by atoms with Gasteiger partial charge < -0.3 is 10.4 Å². The molecule has 0 aromatic heterocycles. The molecule has 0 bridgehead atoms. The van der Waals surface area contributed by atoms with Crippen molar-refractivity contribution < 1.29 is 33.9 Å². The number of nitrogens with one attached hydrogen (secondary N) is 2. The molecule has 2 aliphatic heterocycles. The number of amides is 5. The Labute approximate surface area is 184 Å². The van der Waals surface area contributed by atoms with Crippen LogP contribution < -0.4 is 10.6 Å². The van der Waals surface area contributed by atoms with Crippen LogP contribution in [0.2, 0.25) is 0 Å². The van der Waals surface area contributed by atoms with E-state index in [1.54, 1.807) is 13.8 Å². The number of carbonyl (C=O) groups is 6. The van der Waals surface area contributed by atoms with Crippen molar-refractivity contribution in [2.75, 3.05) is 5.32 Å². The van der Waals surface area contributed by atoms with Gasteiger partial charge in [0.1, 0.15) is 6.04 Å². The minimum atomic E-state index is -1.16. The third-order valence-electron chi connectivity index (χ3n) is 5.79. The number of hydrogen-bond donors (Lipinski definition) is 3. The van der Waals surface area contributed by atoms with Crippen molar-refractivity contribution in [1.29, 1.82) is 0 Å². The van der Waals surface area contributed by atoms with Gasteiger partial charge in [0, 0.05) is 11.8 Å². The number of aliphatic carboxylic acids is 1. The van der Waals surface area contributed by atoms with Crippen molar-refractivity contribution in [3.63, 3.8) is 0 Å². The van der Waals surface area contributed by atoms with E-state index in [2.05, 4.69) is 10.6 Å². The average Bonchev–Trinajstić information content (AvgIpc) is 2.93. The molecule has 1 aromatic rings. The Hall–Kier alpha value is -3.56. The van der Waals surface area contributed by atoms with Crippen molar-refractivity contribution in [3.8, 4) is 0 Å². The topological polar surface area (TPSA) is 150 Å². The van der Waals surface area contributed by atoms with Crippen molar-refractivity contribution in [2.45, 2.75) is 53.0 Å². The standard InChI is InChI=1S/C22H25N3O7/c1-21(2,10-22(3,4)20(31)32)19(30)23-12-7-5-6-11-15(12)18(29)25(17(11)28)13-8-9-14(26)24-16(13)27/h5-7,13H,8-10H2,1-4H3,(H,23,30)(H,31,32)(H,24,26,27). The van der Waals surface area contributed by atoms with Crippen molar-refractivity contribution in [2.24, 2.45) is 10.8 Å². The van der Waals surface area contributed by atoms with Gasteiger partial charge in [-0.1, -0.05) is 19.9 Å². The molecule has 0 spiro atoms. The Balaban J connectivity index is 1.88. The molecule has 32 heavy (non-hydrogen) atoms. The summed E-state index contributed by atoms with van der Waals surface area (Å²) >= 11 is 0. The molecule has 1 unspecified atom stereocenters. The van der Waals surface area contributed by atoms with Crippen LogP contribution in [0, 0.1) is 10.8 Å². The summed E-state index contributed by atoms with van der Waals surface area (Å²) in [5, 5.41) is 14.2. The number of carboxylic acids is 1. The number of rotatable bonds is 6. The molecular formula is C22H25N3O7. The highest BCUT2D eigenvalue weighted by atomic mass is 16.4. The van der Waals surface area contributed by atoms with Crippen molar-refractivity contribution >= 4 is 41.2 Å². The molecule has 0 saturated carbocycles. The molecule has 5 amide bonds. The van der Waals surface area contributed by atoms with Crippen molar-refractivity contribution in [1.82, 2.24) is 10.2 Å². The highest BCUT2D eigenvalue weighted by Gasteiger charge is 2.46. The number of piperidine rings is 1. The Morgan fingerprint density at radius 2 is 1.75 bits per heavy atom. The van der Waals surface area contributed by atoms with Crippen LogP contribution in [-0.4, -0.2) is 51.6 Å². The lowest BCUT2D eigenvalue weighted by Gasteiger charge is -2.31. The number of hydrogen-bond acceptors (Lipinski definition) is 6. The second-order valence-corrected chi connectivity index (χ2v) is 9.38. The molecule has 2 aliphatic rings. The van der Waals surface area contributed by atoms with Crippen molar-refractivity contribution in [3.05, 3.63) is 29.3 Å². The summed E-state index contributed by atoms with van der Waals surface area (Å²) in [6, 6.07) is 3.28. The summed E-state index contributed by atoms with van der Waals surface area (Å²) in [6.07, 6.45) is 0.0571. The van der Waals surface area contributed by atoms with E-state index in [0.29, 0.717) is 0 Å². The van der Waals surface area contributed by atoms with Gasteiger partial charge in [0.2, 0.25) is 17.7 Å². The zero-order valence-corrected chi connectivity index (χ0v) is 18.3. The van der Waals surface area contributed by atoms with E-state index >= 15 is 0 Å². The first kappa shape index (κ1) is 23.1. The maximum atomic E-state index is 13.1. The first-order chi connectivity index (χ1) is 14.8. The van der Waals surface area contributed by atoms with E-state index in [9.17, 15) is 33.9 Å². The maximum absolute atomic E-state index is 13.1. The molecule has 10 nitrogen and oxygen atoms in total. The predicted octanol–water partition coefficient (Wildman–Crippen LogP) is 1.55. The molecule has 3 rings (SSSR count). The van der Waals surface area contributed by atoms with Gasteiger partial charge in [-0.05, 0) is 38.8 Å². The molecule has 0 aliphatic carbocycles.